The fourth-order valence-corrected chi connectivity index (χ4v) is 1.83. The molecule has 2 rings (SSSR count). The Bertz CT molecular complexity index is 612. The van der Waals surface area contributed by atoms with Crippen molar-refractivity contribution in [3.8, 4) is 5.75 Å². The van der Waals surface area contributed by atoms with Crippen molar-refractivity contribution in [3.05, 3.63) is 64.1 Å². The number of carbonyl (C=O) groups excluding carboxylic acids is 1. The minimum atomic E-state index is -0.300. The number of phenolic OH excluding ortho intramolecular Hbond substituents is 1. The molecule has 1 amide bonds. The van der Waals surface area contributed by atoms with Crippen molar-refractivity contribution in [2.24, 2.45) is 5.10 Å². The smallest absolute Gasteiger partial charge is 0.271 e. The van der Waals surface area contributed by atoms with Crippen molar-refractivity contribution >= 4 is 28.1 Å². The van der Waals surface area contributed by atoms with Crippen LogP contribution in [-0.4, -0.2) is 17.2 Å². The highest BCUT2D eigenvalue weighted by atomic mass is 79.9. The van der Waals surface area contributed by atoms with E-state index in [9.17, 15) is 9.90 Å². The number of nitrogens with one attached hydrogen (secondary N) is 1. The lowest BCUT2D eigenvalue weighted by Gasteiger charge is -2.01. The highest BCUT2D eigenvalue weighted by molar-refractivity contribution is 9.10. The number of amides is 1. The minimum absolute atomic E-state index is 0.0835. The van der Waals surface area contributed by atoms with Crippen LogP contribution in [0.4, 0.5) is 0 Å². The molecular formula is C14H11BrN2O2. The zero-order chi connectivity index (χ0) is 13.7. The maximum Gasteiger partial charge on any atom is 0.271 e. The summed E-state index contributed by atoms with van der Waals surface area (Å²) in [5, 5.41) is 13.5. The van der Waals surface area contributed by atoms with Crippen LogP contribution < -0.4 is 5.43 Å². The summed E-state index contributed by atoms with van der Waals surface area (Å²) in [4.78, 5) is 11.7. The van der Waals surface area contributed by atoms with Crippen molar-refractivity contribution < 1.29 is 9.90 Å². The van der Waals surface area contributed by atoms with Gasteiger partial charge in [-0.2, -0.15) is 5.10 Å². The molecule has 0 spiro atoms. The molecule has 0 aromatic heterocycles. The molecule has 0 saturated heterocycles. The second-order valence-electron chi connectivity index (χ2n) is 3.74. The van der Waals surface area contributed by atoms with Crippen LogP contribution in [0.15, 0.2) is 58.1 Å². The van der Waals surface area contributed by atoms with Gasteiger partial charge in [-0.05, 0) is 40.2 Å². The number of hydrazone groups is 1. The predicted molar refractivity (Wildman–Crippen MR) is 77.3 cm³/mol. The van der Waals surface area contributed by atoms with Gasteiger partial charge in [-0.25, -0.2) is 5.43 Å². The molecule has 0 bridgehead atoms. The number of phenols is 1. The molecular weight excluding hydrogens is 308 g/mol. The molecule has 0 aliphatic carbocycles. The zero-order valence-electron chi connectivity index (χ0n) is 9.88. The second-order valence-corrected chi connectivity index (χ2v) is 4.60. The summed E-state index contributed by atoms with van der Waals surface area (Å²) in [5.74, 6) is -0.216. The minimum Gasteiger partial charge on any atom is -0.506 e. The lowest BCUT2D eigenvalue weighted by atomic mass is 10.2. The SMILES string of the molecule is O=C(N/N=C/c1cccc(Br)c1O)c1ccccc1. The topological polar surface area (TPSA) is 61.7 Å². The van der Waals surface area contributed by atoms with Gasteiger partial charge in [-0.3, -0.25) is 4.79 Å². The van der Waals surface area contributed by atoms with E-state index < -0.39 is 0 Å². The van der Waals surface area contributed by atoms with Gasteiger partial charge in [0.25, 0.3) is 5.91 Å². The Morgan fingerprint density at radius 2 is 1.89 bits per heavy atom. The van der Waals surface area contributed by atoms with Crippen LogP contribution in [0, 0.1) is 0 Å². The van der Waals surface area contributed by atoms with Gasteiger partial charge in [0.05, 0.1) is 10.7 Å². The van der Waals surface area contributed by atoms with E-state index in [1.54, 1.807) is 42.5 Å². The van der Waals surface area contributed by atoms with Gasteiger partial charge in [0, 0.05) is 11.1 Å². The third-order valence-corrected chi connectivity index (χ3v) is 3.06. The van der Waals surface area contributed by atoms with Crippen LogP contribution in [0.5, 0.6) is 5.75 Å². The first kappa shape index (κ1) is 13.3. The maximum absolute atomic E-state index is 11.7. The number of aromatic hydroxyl groups is 1. The Hall–Kier alpha value is -2.14. The standard InChI is InChI=1S/C14H11BrN2O2/c15-12-8-4-7-11(13(12)18)9-16-17-14(19)10-5-2-1-3-6-10/h1-9,18H,(H,17,19)/b16-9+. The summed E-state index contributed by atoms with van der Waals surface area (Å²) in [5.41, 5.74) is 3.44. The van der Waals surface area contributed by atoms with Gasteiger partial charge in [0.1, 0.15) is 5.75 Å². The molecule has 0 unspecified atom stereocenters. The average molecular weight is 319 g/mol. The van der Waals surface area contributed by atoms with Crippen molar-refractivity contribution in [1.29, 1.82) is 0 Å². The van der Waals surface area contributed by atoms with E-state index in [4.69, 9.17) is 0 Å². The van der Waals surface area contributed by atoms with Crippen LogP contribution in [0.1, 0.15) is 15.9 Å². The van der Waals surface area contributed by atoms with Crippen LogP contribution in [-0.2, 0) is 0 Å². The number of hydrogen-bond donors (Lipinski definition) is 2. The third-order valence-electron chi connectivity index (χ3n) is 2.42. The van der Waals surface area contributed by atoms with E-state index >= 15 is 0 Å². The van der Waals surface area contributed by atoms with Gasteiger partial charge >= 0.3 is 0 Å². The molecule has 5 heteroatoms. The second kappa shape index (κ2) is 6.15. The van der Waals surface area contributed by atoms with E-state index in [-0.39, 0.29) is 11.7 Å². The van der Waals surface area contributed by atoms with Gasteiger partial charge < -0.3 is 5.11 Å². The van der Waals surface area contributed by atoms with E-state index in [1.165, 1.54) is 6.21 Å². The Morgan fingerprint density at radius 1 is 1.16 bits per heavy atom. The predicted octanol–water partition coefficient (Wildman–Crippen LogP) is 2.92. The maximum atomic E-state index is 11.7. The summed E-state index contributed by atoms with van der Waals surface area (Å²) < 4.78 is 0.575. The van der Waals surface area contributed by atoms with Crippen LogP contribution in [0.3, 0.4) is 0 Å². The first-order valence-electron chi connectivity index (χ1n) is 5.54. The summed E-state index contributed by atoms with van der Waals surface area (Å²) in [6.07, 6.45) is 1.39. The molecule has 2 N–H and O–H groups in total. The fraction of sp³-hybridized carbons (Fsp3) is 0. The summed E-state index contributed by atoms with van der Waals surface area (Å²) in [7, 11) is 0. The van der Waals surface area contributed by atoms with Crippen molar-refractivity contribution in [2.75, 3.05) is 0 Å². The average Bonchev–Trinajstić information content (AvgIpc) is 2.44. The van der Waals surface area contributed by atoms with Gasteiger partial charge in [-0.1, -0.05) is 24.3 Å². The largest absolute Gasteiger partial charge is 0.506 e. The molecule has 96 valence electrons. The number of hydrogen-bond acceptors (Lipinski definition) is 3. The molecule has 0 fully saturated rings. The number of benzene rings is 2. The van der Waals surface area contributed by atoms with E-state index in [2.05, 4.69) is 26.5 Å². The van der Waals surface area contributed by atoms with E-state index in [0.717, 1.165) is 0 Å². The molecule has 0 radical (unpaired) electrons. The number of carbonyl (C=O) groups is 1. The Labute approximate surface area is 118 Å². The number of rotatable bonds is 3. The first-order chi connectivity index (χ1) is 9.18. The van der Waals surface area contributed by atoms with Crippen LogP contribution in [0.2, 0.25) is 0 Å². The van der Waals surface area contributed by atoms with E-state index in [0.29, 0.717) is 15.6 Å². The third kappa shape index (κ3) is 3.42. The molecule has 0 atom stereocenters. The number of halogens is 1. The molecule has 2 aromatic rings. The molecule has 0 saturated carbocycles. The Balaban J connectivity index is 2.05. The van der Waals surface area contributed by atoms with Crippen molar-refractivity contribution in [1.82, 2.24) is 5.43 Å². The zero-order valence-corrected chi connectivity index (χ0v) is 11.5. The van der Waals surface area contributed by atoms with Crippen LogP contribution >= 0.6 is 15.9 Å². The van der Waals surface area contributed by atoms with Crippen LogP contribution in [0.25, 0.3) is 0 Å². The highest BCUT2D eigenvalue weighted by Gasteiger charge is 2.03. The normalized spacial score (nSPS) is 10.6. The summed E-state index contributed by atoms with van der Waals surface area (Å²) in [6, 6.07) is 14.0. The monoisotopic (exact) mass is 318 g/mol. The summed E-state index contributed by atoms with van der Waals surface area (Å²) in [6.45, 7) is 0. The number of para-hydroxylation sites is 1. The van der Waals surface area contributed by atoms with E-state index in [1.807, 2.05) is 6.07 Å². The molecule has 0 aliphatic heterocycles. The molecule has 0 heterocycles. The lowest BCUT2D eigenvalue weighted by Crippen LogP contribution is -2.17. The van der Waals surface area contributed by atoms with Gasteiger partial charge in [0.2, 0.25) is 0 Å². The fourth-order valence-electron chi connectivity index (χ4n) is 1.45. The molecule has 4 nitrogen and oxygen atoms in total. The first-order valence-corrected chi connectivity index (χ1v) is 6.33. The van der Waals surface area contributed by atoms with Gasteiger partial charge in [-0.15, -0.1) is 0 Å². The van der Waals surface area contributed by atoms with Crippen molar-refractivity contribution in [2.45, 2.75) is 0 Å². The van der Waals surface area contributed by atoms with Crippen molar-refractivity contribution in [3.63, 3.8) is 0 Å². The highest BCUT2D eigenvalue weighted by Crippen LogP contribution is 2.25. The quantitative estimate of drug-likeness (QED) is 0.675. The number of nitrogens with zero attached hydrogens (tertiary/aromatic N) is 1. The molecule has 2 aromatic carbocycles. The molecule has 0 aliphatic rings. The van der Waals surface area contributed by atoms with Gasteiger partial charge in [0.15, 0.2) is 0 Å². The molecule has 19 heavy (non-hydrogen) atoms. The Kier molecular flexibility index (Phi) is 4.30. The Morgan fingerprint density at radius 3 is 2.63 bits per heavy atom. The summed E-state index contributed by atoms with van der Waals surface area (Å²) >= 11 is 3.20. The lowest BCUT2D eigenvalue weighted by molar-refractivity contribution is 0.0955.